The average molecular weight is 278 g/mol. The fourth-order valence-corrected chi connectivity index (χ4v) is 2.39. The van der Waals surface area contributed by atoms with Crippen LogP contribution in [0.5, 0.6) is 0 Å². The van der Waals surface area contributed by atoms with Crippen molar-refractivity contribution in [2.24, 2.45) is 5.73 Å². The maximum atomic E-state index is 11.8. The van der Waals surface area contributed by atoms with E-state index in [2.05, 4.69) is 15.6 Å². The zero-order chi connectivity index (χ0) is 14.7. The van der Waals surface area contributed by atoms with Crippen LogP contribution in [0.15, 0.2) is 6.20 Å². The van der Waals surface area contributed by atoms with E-state index in [1.54, 1.807) is 0 Å². The Hall–Kier alpha value is -1.50. The van der Waals surface area contributed by atoms with E-state index in [-0.39, 0.29) is 5.91 Å². The standard InChI is InChI=1S/C14H22N4O2/c1-8-12(7-18-14(20)13(15)9(2)19)11-3-4-16-5-10(11)6-17-8/h6,9,13,16,19H,3-5,7,15H2,1-2H3,(H,18,20)/t9-,13+/m1/s1. The molecule has 0 bridgehead atoms. The number of rotatable bonds is 4. The van der Waals surface area contributed by atoms with Gasteiger partial charge in [-0.15, -0.1) is 0 Å². The molecule has 1 aliphatic heterocycles. The molecule has 0 unspecified atom stereocenters. The van der Waals surface area contributed by atoms with Gasteiger partial charge in [0, 0.05) is 25.0 Å². The number of aliphatic hydroxyl groups is 1. The monoisotopic (exact) mass is 278 g/mol. The van der Waals surface area contributed by atoms with Crippen molar-refractivity contribution >= 4 is 5.91 Å². The van der Waals surface area contributed by atoms with Crippen LogP contribution in [0.1, 0.15) is 29.3 Å². The molecule has 1 aromatic heterocycles. The van der Waals surface area contributed by atoms with Crippen LogP contribution in [-0.2, 0) is 24.3 Å². The highest BCUT2D eigenvalue weighted by atomic mass is 16.3. The number of aryl methyl sites for hydroxylation is 1. The molecule has 110 valence electrons. The van der Waals surface area contributed by atoms with Gasteiger partial charge in [0.2, 0.25) is 5.91 Å². The smallest absolute Gasteiger partial charge is 0.239 e. The van der Waals surface area contributed by atoms with Gasteiger partial charge in [0.05, 0.1) is 6.10 Å². The van der Waals surface area contributed by atoms with Gasteiger partial charge < -0.3 is 21.5 Å². The van der Waals surface area contributed by atoms with Crippen molar-refractivity contribution in [1.29, 1.82) is 0 Å². The molecule has 1 amide bonds. The van der Waals surface area contributed by atoms with Crippen LogP contribution in [-0.4, -0.2) is 34.7 Å². The number of carbonyl (C=O) groups is 1. The predicted octanol–water partition coefficient (Wildman–Crippen LogP) is -0.640. The average Bonchev–Trinajstić information content (AvgIpc) is 2.45. The van der Waals surface area contributed by atoms with Gasteiger partial charge in [-0.2, -0.15) is 0 Å². The van der Waals surface area contributed by atoms with Crippen molar-refractivity contribution in [2.75, 3.05) is 6.54 Å². The van der Waals surface area contributed by atoms with Crippen LogP contribution >= 0.6 is 0 Å². The first kappa shape index (κ1) is 14.9. The lowest BCUT2D eigenvalue weighted by atomic mass is 9.96. The molecule has 5 N–H and O–H groups in total. The van der Waals surface area contributed by atoms with E-state index < -0.39 is 12.1 Å². The molecule has 2 atom stereocenters. The number of nitrogens with two attached hydrogens (primary N) is 1. The minimum Gasteiger partial charge on any atom is -0.391 e. The van der Waals surface area contributed by atoms with Crippen LogP contribution in [0, 0.1) is 6.92 Å². The highest BCUT2D eigenvalue weighted by molar-refractivity contribution is 5.82. The SMILES string of the molecule is Cc1ncc2c(c1CNC(=O)[C@@H](N)[C@@H](C)O)CCNC2. The summed E-state index contributed by atoms with van der Waals surface area (Å²) in [5.74, 6) is -0.342. The van der Waals surface area contributed by atoms with Crippen LogP contribution in [0.25, 0.3) is 0 Å². The third-order valence-corrected chi connectivity index (χ3v) is 3.73. The van der Waals surface area contributed by atoms with E-state index in [4.69, 9.17) is 5.73 Å². The molecule has 0 saturated heterocycles. The summed E-state index contributed by atoms with van der Waals surface area (Å²) >= 11 is 0. The lowest BCUT2D eigenvalue weighted by Gasteiger charge is -2.22. The van der Waals surface area contributed by atoms with E-state index in [0.29, 0.717) is 6.54 Å². The number of pyridine rings is 1. The summed E-state index contributed by atoms with van der Waals surface area (Å²) in [6.45, 7) is 5.61. The van der Waals surface area contributed by atoms with E-state index >= 15 is 0 Å². The fourth-order valence-electron chi connectivity index (χ4n) is 2.39. The molecule has 0 radical (unpaired) electrons. The minimum atomic E-state index is -0.899. The number of aliphatic hydroxyl groups excluding tert-OH is 1. The number of carbonyl (C=O) groups excluding carboxylic acids is 1. The van der Waals surface area contributed by atoms with Gasteiger partial charge in [0.1, 0.15) is 6.04 Å². The van der Waals surface area contributed by atoms with Crippen LogP contribution in [0.2, 0.25) is 0 Å². The van der Waals surface area contributed by atoms with Crippen molar-refractivity contribution in [3.05, 3.63) is 28.6 Å². The van der Waals surface area contributed by atoms with Crippen molar-refractivity contribution in [3.8, 4) is 0 Å². The second-order valence-electron chi connectivity index (χ2n) is 5.24. The Morgan fingerprint density at radius 3 is 3.10 bits per heavy atom. The third-order valence-electron chi connectivity index (χ3n) is 3.73. The lowest BCUT2D eigenvalue weighted by Crippen LogP contribution is -2.47. The van der Waals surface area contributed by atoms with Crippen molar-refractivity contribution in [1.82, 2.24) is 15.6 Å². The second-order valence-corrected chi connectivity index (χ2v) is 5.24. The van der Waals surface area contributed by atoms with Crippen molar-refractivity contribution < 1.29 is 9.90 Å². The molecule has 2 rings (SSSR count). The Balaban J connectivity index is 2.11. The molecule has 20 heavy (non-hydrogen) atoms. The van der Waals surface area contributed by atoms with E-state index in [1.807, 2.05) is 13.1 Å². The number of hydrogen-bond acceptors (Lipinski definition) is 5. The van der Waals surface area contributed by atoms with Crippen LogP contribution in [0.3, 0.4) is 0 Å². The van der Waals surface area contributed by atoms with Gasteiger partial charge >= 0.3 is 0 Å². The Bertz CT molecular complexity index is 502. The second kappa shape index (κ2) is 6.30. The zero-order valence-electron chi connectivity index (χ0n) is 11.9. The minimum absolute atomic E-state index is 0.342. The maximum absolute atomic E-state index is 11.8. The first-order valence-electron chi connectivity index (χ1n) is 6.89. The molecule has 6 nitrogen and oxygen atoms in total. The number of aromatic nitrogens is 1. The van der Waals surface area contributed by atoms with Gasteiger partial charge in [-0.05, 0) is 43.5 Å². The molecule has 2 heterocycles. The molecule has 1 aromatic rings. The topological polar surface area (TPSA) is 100 Å². The van der Waals surface area contributed by atoms with E-state index in [1.165, 1.54) is 18.1 Å². The molecule has 1 aliphatic rings. The van der Waals surface area contributed by atoms with E-state index in [0.717, 1.165) is 30.8 Å². The zero-order valence-corrected chi connectivity index (χ0v) is 11.9. The van der Waals surface area contributed by atoms with Gasteiger partial charge in [-0.25, -0.2) is 0 Å². The highest BCUT2D eigenvalue weighted by Gasteiger charge is 2.20. The lowest BCUT2D eigenvalue weighted by molar-refractivity contribution is -0.124. The summed E-state index contributed by atoms with van der Waals surface area (Å²) in [6, 6.07) is -0.899. The summed E-state index contributed by atoms with van der Waals surface area (Å²) in [4.78, 5) is 16.2. The van der Waals surface area contributed by atoms with Gasteiger partial charge in [-0.1, -0.05) is 0 Å². The quantitative estimate of drug-likeness (QED) is 0.587. The predicted molar refractivity (Wildman–Crippen MR) is 75.9 cm³/mol. The summed E-state index contributed by atoms with van der Waals surface area (Å²) < 4.78 is 0. The normalized spacial score (nSPS) is 17.2. The molecule has 6 heteroatoms. The number of nitrogens with zero attached hydrogens (tertiary/aromatic N) is 1. The molecular weight excluding hydrogens is 256 g/mol. The molecule has 0 fully saturated rings. The maximum Gasteiger partial charge on any atom is 0.239 e. The molecule has 0 saturated carbocycles. The molecular formula is C14H22N4O2. The first-order valence-corrected chi connectivity index (χ1v) is 6.89. The Kier molecular flexibility index (Phi) is 4.69. The third kappa shape index (κ3) is 3.15. The molecule has 0 aromatic carbocycles. The van der Waals surface area contributed by atoms with E-state index in [9.17, 15) is 9.90 Å². The summed E-state index contributed by atoms with van der Waals surface area (Å²) in [5, 5.41) is 15.4. The fraction of sp³-hybridized carbons (Fsp3) is 0.571. The van der Waals surface area contributed by atoms with Gasteiger partial charge in [0.15, 0.2) is 0 Å². The number of hydrogen-bond donors (Lipinski definition) is 4. The Morgan fingerprint density at radius 2 is 2.40 bits per heavy atom. The highest BCUT2D eigenvalue weighted by Crippen LogP contribution is 2.20. The molecule has 0 aliphatic carbocycles. The summed E-state index contributed by atoms with van der Waals surface area (Å²) in [7, 11) is 0. The molecule has 0 spiro atoms. The Labute approximate surface area is 118 Å². The van der Waals surface area contributed by atoms with Crippen molar-refractivity contribution in [2.45, 2.75) is 45.5 Å². The first-order chi connectivity index (χ1) is 9.50. The number of fused-ring (bicyclic) bond motifs is 1. The van der Waals surface area contributed by atoms with Crippen LogP contribution in [0.4, 0.5) is 0 Å². The Morgan fingerprint density at radius 1 is 1.65 bits per heavy atom. The van der Waals surface area contributed by atoms with Gasteiger partial charge in [0.25, 0.3) is 0 Å². The summed E-state index contributed by atoms with van der Waals surface area (Å²) in [6.07, 6.45) is 1.97. The number of nitrogens with one attached hydrogen (secondary N) is 2. The largest absolute Gasteiger partial charge is 0.391 e. The van der Waals surface area contributed by atoms with Crippen LogP contribution < -0.4 is 16.4 Å². The van der Waals surface area contributed by atoms with Gasteiger partial charge in [-0.3, -0.25) is 9.78 Å². The summed E-state index contributed by atoms with van der Waals surface area (Å²) in [5.41, 5.74) is 10.1. The van der Waals surface area contributed by atoms with Crippen molar-refractivity contribution in [3.63, 3.8) is 0 Å². The number of amides is 1.